The molecule has 7 heteroatoms. The lowest BCUT2D eigenvalue weighted by Gasteiger charge is -2.11. The number of aromatic nitrogens is 4. The van der Waals surface area contributed by atoms with Gasteiger partial charge in [-0.1, -0.05) is 17.3 Å². The predicted octanol–water partition coefficient (Wildman–Crippen LogP) is 1.11. The number of rotatable bonds is 4. The summed E-state index contributed by atoms with van der Waals surface area (Å²) in [6.07, 6.45) is 1.67. The number of hydrogen-bond acceptors (Lipinski definition) is 5. The highest BCUT2D eigenvalue weighted by molar-refractivity contribution is 5.72. The van der Waals surface area contributed by atoms with Crippen molar-refractivity contribution in [3.63, 3.8) is 0 Å². The van der Waals surface area contributed by atoms with Crippen LogP contribution in [0.15, 0.2) is 39.7 Å². The van der Waals surface area contributed by atoms with E-state index in [1.54, 1.807) is 35.4 Å². The molecular formula is C14H16N4O3. The van der Waals surface area contributed by atoms with Crippen molar-refractivity contribution in [1.82, 2.24) is 19.6 Å². The Balaban J connectivity index is 1.82. The minimum Gasteiger partial charge on any atom is -0.408 e. The maximum Gasteiger partial charge on any atom is 0.420 e. The molecule has 21 heavy (non-hydrogen) atoms. The van der Waals surface area contributed by atoms with Crippen LogP contribution in [0.2, 0.25) is 0 Å². The Labute approximate surface area is 120 Å². The molecule has 0 radical (unpaired) electrons. The van der Waals surface area contributed by atoms with Crippen LogP contribution in [0.3, 0.4) is 0 Å². The van der Waals surface area contributed by atoms with Crippen molar-refractivity contribution in [2.75, 3.05) is 0 Å². The molecule has 0 saturated heterocycles. The average Bonchev–Trinajstić information content (AvgIpc) is 3.00. The summed E-state index contributed by atoms with van der Waals surface area (Å²) < 4.78 is 8.32. The second-order valence-corrected chi connectivity index (χ2v) is 5.41. The molecule has 0 spiro atoms. The summed E-state index contributed by atoms with van der Waals surface area (Å²) in [6, 6.07) is 7.28. The quantitative estimate of drug-likeness (QED) is 0.777. The van der Waals surface area contributed by atoms with Gasteiger partial charge in [-0.25, -0.2) is 4.79 Å². The van der Waals surface area contributed by atoms with Gasteiger partial charge >= 0.3 is 5.76 Å². The second kappa shape index (κ2) is 4.85. The lowest BCUT2D eigenvalue weighted by molar-refractivity contribution is 0.0737. The van der Waals surface area contributed by atoms with Crippen LogP contribution >= 0.6 is 0 Å². The fourth-order valence-electron chi connectivity index (χ4n) is 2.12. The van der Waals surface area contributed by atoms with Gasteiger partial charge in [0.05, 0.1) is 18.3 Å². The molecule has 0 aliphatic carbocycles. The van der Waals surface area contributed by atoms with E-state index in [9.17, 15) is 9.90 Å². The first-order valence-electron chi connectivity index (χ1n) is 6.66. The minimum absolute atomic E-state index is 0.390. The third-order valence-corrected chi connectivity index (χ3v) is 3.29. The molecule has 0 fully saturated rings. The fourth-order valence-corrected chi connectivity index (χ4v) is 2.12. The van der Waals surface area contributed by atoms with Gasteiger partial charge in [-0.15, -0.1) is 5.10 Å². The molecule has 3 rings (SSSR count). The van der Waals surface area contributed by atoms with Gasteiger partial charge in [0, 0.05) is 6.54 Å². The van der Waals surface area contributed by atoms with Crippen LogP contribution in [0.1, 0.15) is 19.5 Å². The highest BCUT2D eigenvalue weighted by Gasteiger charge is 2.20. The highest BCUT2D eigenvalue weighted by atomic mass is 16.4. The Hall–Kier alpha value is -2.41. The Bertz CT molecular complexity index is 822. The molecule has 0 saturated carbocycles. The molecule has 0 amide bonds. The molecule has 7 nitrogen and oxygen atoms in total. The van der Waals surface area contributed by atoms with E-state index < -0.39 is 5.60 Å². The lowest BCUT2D eigenvalue weighted by atomic mass is 10.1. The van der Waals surface area contributed by atoms with Gasteiger partial charge in [0.15, 0.2) is 5.58 Å². The molecule has 1 N–H and O–H groups in total. The summed E-state index contributed by atoms with van der Waals surface area (Å²) in [7, 11) is 0. The van der Waals surface area contributed by atoms with Gasteiger partial charge in [0.25, 0.3) is 0 Å². The number of hydrogen-bond donors (Lipinski definition) is 1. The molecular weight excluding hydrogens is 272 g/mol. The normalized spacial score (nSPS) is 12.1. The number of aryl methyl sites for hydroxylation is 2. The van der Waals surface area contributed by atoms with Crippen molar-refractivity contribution in [3.05, 3.63) is 46.7 Å². The van der Waals surface area contributed by atoms with E-state index in [1.165, 1.54) is 0 Å². The maximum atomic E-state index is 11.8. The Morgan fingerprint density at radius 3 is 2.76 bits per heavy atom. The molecule has 0 bridgehead atoms. The molecule has 110 valence electrons. The summed E-state index contributed by atoms with van der Waals surface area (Å²) >= 11 is 0. The summed E-state index contributed by atoms with van der Waals surface area (Å²) in [5, 5.41) is 17.7. The fraction of sp³-hybridized carbons (Fsp3) is 0.357. The van der Waals surface area contributed by atoms with Crippen LogP contribution in [0.25, 0.3) is 11.1 Å². The molecule has 0 aliphatic rings. The zero-order chi connectivity index (χ0) is 15.0. The van der Waals surface area contributed by atoms with E-state index in [-0.39, 0.29) is 5.76 Å². The number of oxazole rings is 1. The van der Waals surface area contributed by atoms with Crippen LogP contribution in [0, 0.1) is 0 Å². The molecule has 1 aromatic carbocycles. The van der Waals surface area contributed by atoms with Crippen molar-refractivity contribution >= 4 is 11.1 Å². The van der Waals surface area contributed by atoms with E-state index in [2.05, 4.69) is 10.3 Å². The first-order valence-corrected chi connectivity index (χ1v) is 6.66. The molecule has 0 unspecified atom stereocenters. The van der Waals surface area contributed by atoms with E-state index in [1.807, 2.05) is 18.2 Å². The molecule has 0 atom stereocenters. The Kier molecular flexibility index (Phi) is 3.13. The van der Waals surface area contributed by atoms with Gasteiger partial charge < -0.3 is 9.52 Å². The zero-order valence-electron chi connectivity index (χ0n) is 11.9. The van der Waals surface area contributed by atoms with Gasteiger partial charge in [0.1, 0.15) is 11.3 Å². The first kappa shape index (κ1) is 13.6. The third kappa shape index (κ3) is 2.59. The van der Waals surface area contributed by atoms with Gasteiger partial charge in [-0.05, 0) is 26.0 Å². The zero-order valence-corrected chi connectivity index (χ0v) is 11.9. The summed E-state index contributed by atoms with van der Waals surface area (Å²) in [4.78, 5) is 11.8. The van der Waals surface area contributed by atoms with Crippen LogP contribution in [0.5, 0.6) is 0 Å². The number of nitrogens with zero attached hydrogens (tertiary/aromatic N) is 4. The Morgan fingerprint density at radius 1 is 1.29 bits per heavy atom. The van der Waals surface area contributed by atoms with Crippen molar-refractivity contribution in [3.8, 4) is 0 Å². The van der Waals surface area contributed by atoms with Crippen LogP contribution in [-0.4, -0.2) is 24.7 Å². The number of fused-ring (bicyclic) bond motifs is 1. The number of aliphatic hydroxyl groups is 1. The van der Waals surface area contributed by atoms with Crippen molar-refractivity contribution in [2.24, 2.45) is 0 Å². The van der Waals surface area contributed by atoms with Crippen molar-refractivity contribution < 1.29 is 9.52 Å². The monoisotopic (exact) mass is 288 g/mol. The summed E-state index contributed by atoms with van der Waals surface area (Å²) in [6.45, 7) is 4.18. The minimum atomic E-state index is -1.03. The molecule has 0 aliphatic heterocycles. The molecule has 2 heterocycles. The maximum absolute atomic E-state index is 11.8. The van der Waals surface area contributed by atoms with Gasteiger partial charge in [0.2, 0.25) is 0 Å². The van der Waals surface area contributed by atoms with Gasteiger partial charge in [-0.2, -0.15) is 0 Å². The highest BCUT2D eigenvalue weighted by Crippen LogP contribution is 2.16. The number of benzene rings is 1. The smallest absolute Gasteiger partial charge is 0.408 e. The van der Waals surface area contributed by atoms with Crippen LogP contribution in [0.4, 0.5) is 0 Å². The topological polar surface area (TPSA) is 86.1 Å². The first-order chi connectivity index (χ1) is 9.95. The van der Waals surface area contributed by atoms with Crippen LogP contribution < -0.4 is 5.76 Å². The SMILES string of the molecule is CC(C)(O)c1cn(CCn2c(=O)oc3ccccc32)nn1. The third-order valence-electron chi connectivity index (χ3n) is 3.29. The van der Waals surface area contributed by atoms with Crippen LogP contribution in [-0.2, 0) is 18.7 Å². The summed E-state index contributed by atoms with van der Waals surface area (Å²) in [5.41, 5.74) is 0.785. The van der Waals surface area contributed by atoms with E-state index in [4.69, 9.17) is 4.42 Å². The summed E-state index contributed by atoms with van der Waals surface area (Å²) in [5.74, 6) is -0.390. The predicted molar refractivity (Wildman–Crippen MR) is 75.7 cm³/mol. The van der Waals surface area contributed by atoms with E-state index in [0.29, 0.717) is 24.4 Å². The standard InChI is InChI=1S/C14H16N4O3/c1-14(2,20)12-9-17(16-15-12)7-8-18-10-5-3-4-6-11(10)21-13(18)19/h3-6,9,20H,7-8H2,1-2H3. The van der Waals surface area contributed by atoms with E-state index in [0.717, 1.165) is 5.52 Å². The van der Waals surface area contributed by atoms with Crippen molar-refractivity contribution in [1.29, 1.82) is 0 Å². The van der Waals surface area contributed by atoms with Gasteiger partial charge in [-0.3, -0.25) is 9.25 Å². The molecule has 3 aromatic rings. The average molecular weight is 288 g/mol. The largest absolute Gasteiger partial charge is 0.420 e. The molecule has 2 aromatic heterocycles. The lowest BCUT2D eigenvalue weighted by Crippen LogP contribution is -2.18. The van der Waals surface area contributed by atoms with E-state index >= 15 is 0 Å². The second-order valence-electron chi connectivity index (χ2n) is 5.41. The Morgan fingerprint density at radius 2 is 2.05 bits per heavy atom. The van der Waals surface area contributed by atoms with Crippen molar-refractivity contribution in [2.45, 2.75) is 32.5 Å². The number of para-hydroxylation sites is 2.